The van der Waals surface area contributed by atoms with Crippen LogP contribution < -0.4 is 42.0 Å². The SMILES string of the molecule is CN[C@@H](C)C(=O)N[C@@H](Cc1ccc(OCc2ccc(C(=O)N[C@H]3CC(N[C@@H]4CCCc5ccccc54)N(C(=O)[C@@H](NC(=O)[C@H](C)NC)C(C)(C)C)C3)cc2)cc1)C(=O)[C@H]1CCC[C@H]1C(=O)N[C@@H]1CCCc2ccccc21. The molecule has 0 radical (unpaired) electrons. The number of benzene rings is 4. The van der Waals surface area contributed by atoms with E-state index in [-0.39, 0.29) is 79.2 Å². The summed E-state index contributed by atoms with van der Waals surface area (Å²) in [5.41, 5.74) is 6.54. The first kappa shape index (κ1) is 55.8. The molecule has 1 aliphatic heterocycles. The molecule has 15 heteroatoms. The van der Waals surface area contributed by atoms with Gasteiger partial charge in [-0.2, -0.15) is 0 Å². The van der Waals surface area contributed by atoms with E-state index in [4.69, 9.17) is 4.74 Å². The number of Topliss-reactive ketones (excluding diaryl/α,β-unsaturated/α-hetero) is 1. The molecule has 1 unspecified atom stereocenters. The number of nitrogens with one attached hydrogen (secondary N) is 7. The monoisotopic (exact) mass is 1040 g/mol. The zero-order valence-corrected chi connectivity index (χ0v) is 45.5. The van der Waals surface area contributed by atoms with Crippen molar-refractivity contribution in [3.63, 3.8) is 0 Å². The summed E-state index contributed by atoms with van der Waals surface area (Å²) >= 11 is 0. The fraction of sp³-hybridized carbons (Fsp3) is 0.508. The van der Waals surface area contributed by atoms with Crippen molar-refractivity contribution >= 4 is 35.3 Å². The number of ketones is 1. The number of fused-ring (bicyclic) bond motifs is 2. The van der Waals surface area contributed by atoms with Gasteiger partial charge < -0.3 is 41.5 Å². The summed E-state index contributed by atoms with van der Waals surface area (Å²) in [5, 5.41) is 22.3. The number of likely N-dealkylation sites (tertiary alicyclic amines) is 1. The largest absolute Gasteiger partial charge is 0.489 e. The second-order valence-corrected chi connectivity index (χ2v) is 22.6. The first-order chi connectivity index (χ1) is 36.5. The minimum Gasteiger partial charge on any atom is -0.489 e. The normalized spacial score (nSPS) is 22.7. The van der Waals surface area contributed by atoms with Crippen LogP contribution in [-0.2, 0) is 49.8 Å². The number of carbonyl (C=O) groups excluding carboxylic acids is 6. The number of amides is 5. The highest BCUT2D eigenvalue weighted by Crippen LogP contribution is 2.37. The number of nitrogens with zero attached hydrogens (tertiary/aromatic N) is 1. The first-order valence-electron chi connectivity index (χ1n) is 27.6. The average molecular weight is 1040 g/mol. The molecular weight excluding hydrogens is 957 g/mol. The highest BCUT2D eigenvalue weighted by atomic mass is 16.5. The van der Waals surface area contributed by atoms with Gasteiger partial charge in [0.25, 0.3) is 5.91 Å². The summed E-state index contributed by atoms with van der Waals surface area (Å²) in [6, 6.07) is 28.4. The Labute approximate surface area is 449 Å². The van der Waals surface area contributed by atoms with Crippen LogP contribution in [0.5, 0.6) is 5.75 Å². The Morgan fingerprint density at radius 3 is 1.87 bits per heavy atom. The van der Waals surface area contributed by atoms with E-state index in [1.165, 1.54) is 16.7 Å². The topological polar surface area (TPSA) is 199 Å². The molecule has 1 saturated heterocycles. The van der Waals surface area contributed by atoms with Gasteiger partial charge in [-0.1, -0.05) is 100.0 Å². The van der Waals surface area contributed by atoms with Crippen molar-refractivity contribution in [2.75, 3.05) is 20.6 Å². The summed E-state index contributed by atoms with van der Waals surface area (Å²) in [4.78, 5) is 85.1. The maximum Gasteiger partial charge on any atom is 0.251 e. The molecule has 0 spiro atoms. The lowest BCUT2D eigenvalue weighted by Crippen LogP contribution is -2.60. The molecule has 2 fully saturated rings. The molecule has 4 aromatic rings. The Morgan fingerprint density at radius 2 is 1.24 bits per heavy atom. The molecular formula is C61H80N8O7. The zero-order valence-electron chi connectivity index (χ0n) is 45.5. The average Bonchev–Trinajstić information content (AvgIpc) is 4.09. The predicted octanol–water partition coefficient (Wildman–Crippen LogP) is 6.54. The minimum absolute atomic E-state index is 0.0386. The molecule has 5 amide bonds. The molecule has 10 atom stereocenters. The molecule has 3 aliphatic carbocycles. The van der Waals surface area contributed by atoms with Gasteiger partial charge in [-0.05, 0) is 149 Å². The van der Waals surface area contributed by atoms with Crippen LogP contribution in [0.15, 0.2) is 97.1 Å². The van der Waals surface area contributed by atoms with Gasteiger partial charge in [0.1, 0.15) is 18.4 Å². The summed E-state index contributed by atoms with van der Waals surface area (Å²) in [6.45, 7) is 9.88. The van der Waals surface area contributed by atoms with Gasteiger partial charge in [-0.15, -0.1) is 0 Å². The van der Waals surface area contributed by atoms with E-state index in [9.17, 15) is 28.8 Å². The maximum absolute atomic E-state index is 14.6. The van der Waals surface area contributed by atoms with Crippen molar-refractivity contribution in [3.05, 3.63) is 136 Å². The molecule has 1 saturated carbocycles. The molecule has 406 valence electrons. The van der Waals surface area contributed by atoms with Gasteiger partial charge in [-0.3, -0.25) is 34.1 Å². The van der Waals surface area contributed by atoms with E-state index in [2.05, 4.69) is 73.6 Å². The third-order valence-corrected chi connectivity index (χ3v) is 16.3. The van der Waals surface area contributed by atoms with Crippen LogP contribution in [0.3, 0.4) is 0 Å². The summed E-state index contributed by atoms with van der Waals surface area (Å²) in [7, 11) is 3.41. The summed E-state index contributed by atoms with van der Waals surface area (Å²) in [5.74, 6) is -1.54. The lowest BCUT2D eigenvalue weighted by molar-refractivity contribution is -0.141. The maximum atomic E-state index is 14.6. The third-order valence-electron chi connectivity index (χ3n) is 16.3. The number of rotatable bonds is 20. The highest BCUT2D eigenvalue weighted by Gasteiger charge is 2.45. The number of ether oxygens (including phenoxy) is 1. The molecule has 0 aromatic heterocycles. The number of hydrogen-bond donors (Lipinski definition) is 7. The van der Waals surface area contributed by atoms with Crippen LogP contribution >= 0.6 is 0 Å². The Hall–Kier alpha value is -6.42. The summed E-state index contributed by atoms with van der Waals surface area (Å²) < 4.78 is 6.18. The van der Waals surface area contributed by atoms with Gasteiger partial charge in [0.05, 0.1) is 36.4 Å². The van der Waals surface area contributed by atoms with Crippen LogP contribution in [0.25, 0.3) is 0 Å². The van der Waals surface area contributed by atoms with E-state index >= 15 is 0 Å². The Balaban J connectivity index is 0.881. The van der Waals surface area contributed by atoms with Crippen molar-refractivity contribution in [1.82, 2.24) is 42.1 Å². The van der Waals surface area contributed by atoms with Gasteiger partial charge in [0.15, 0.2) is 5.78 Å². The number of aryl methyl sites for hydroxylation is 2. The van der Waals surface area contributed by atoms with Crippen LogP contribution in [-0.4, -0.2) is 97.2 Å². The zero-order chi connectivity index (χ0) is 54.1. The van der Waals surface area contributed by atoms with E-state index in [1.807, 2.05) is 74.2 Å². The van der Waals surface area contributed by atoms with E-state index in [0.717, 1.165) is 61.6 Å². The fourth-order valence-electron chi connectivity index (χ4n) is 11.6. The van der Waals surface area contributed by atoms with Crippen molar-refractivity contribution in [2.24, 2.45) is 17.3 Å². The Bertz CT molecular complexity index is 2690. The van der Waals surface area contributed by atoms with E-state index < -0.39 is 41.4 Å². The van der Waals surface area contributed by atoms with E-state index in [1.54, 1.807) is 40.1 Å². The number of likely N-dealkylation sites (N-methyl/N-ethyl adjacent to an activating group) is 2. The quantitative estimate of drug-likeness (QED) is 0.0510. The first-order valence-corrected chi connectivity index (χ1v) is 27.6. The summed E-state index contributed by atoms with van der Waals surface area (Å²) in [6.07, 6.45) is 8.18. The minimum atomic E-state index is -0.820. The number of hydrogen-bond acceptors (Lipinski definition) is 10. The molecule has 4 aromatic carbocycles. The van der Waals surface area contributed by atoms with Crippen molar-refractivity contribution in [2.45, 2.75) is 160 Å². The third kappa shape index (κ3) is 13.6. The lowest BCUT2D eigenvalue weighted by atomic mass is 9.84. The smallest absolute Gasteiger partial charge is 0.251 e. The van der Waals surface area contributed by atoms with Crippen molar-refractivity contribution in [1.29, 1.82) is 0 Å². The molecule has 7 N–H and O–H groups in total. The molecule has 4 aliphatic rings. The highest BCUT2D eigenvalue weighted by molar-refractivity contribution is 5.96. The molecule has 8 rings (SSSR count). The Kier molecular flexibility index (Phi) is 18.5. The van der Waals surface area contributed by atoms with Crippen LogP contribution in [0.1, 0.15) is 142 Å². The van der Waals surface area contributed by atoms with Gasteiger partial charge in [0, 0.05) is 36.4 Å². The van der Waals surface area contributed by atoms with Gasteiger partial charge in [-0.25, -0.2) is 0 Å². The molecule has 0 bridgehead atoms. The fourth-order valence-corrected chi connectivity index (χ4v) is 11.6. The van der Waals surface area contributed by atoms with Crippen LogP contribution in [0.4, 0.5) is 0 Å². The van der Waals surface area contributed by atoms with Crippen molar-refractivity contribution < 1.29 is 33.5 Å². The van der Waals surface area contributed by atoms with Crippen molar-refractivity contribution in [3.8, 4) is 5.75 Å². The van der Waals surface area contributed by atoms with Crippen LogP contribution in [0, 0.1) is 17.3 Å². The van der Waals surface area contributed by atoms with Crippen LogP contribution in [0.2, 0.25) is 0 Å². The van der Waals surface area contributed by atoms with Gasteiger partial charge in [0.2, 0.25) is 23.6 Å². The molecule has 15 nitrogen and oxygen atoms in total. The number of carbonyl (C=O) groups is 6. The standard InChI is InChI=1S/C61H80N8O7/c1-37(62-6)56(71)67-52(54(70)48-21-14-22-49(48)59(74)66-51-24-13-18-42-16-9-11-20-47(42)51)33-39-27-31-45(32-28-39)76-36-40-25-29-43(30-26-40)58(73)64-44-34-53(65-50-23-12-17-41-15-8-10-19-46(41)50)69(35-44)60(75)55(61(3,4)5)68-57(72)38(2)63-7/h8-11,15-16,19-20,25-32,37-38,44,48-53,55,62-63,65H,12-14,17-18,21-24,33-36H2,1-7H3,(H,64,73)(H,66,74)(H,67,71)(H,68,72)/t37-,38-,44-,48-,49+,50+,51+,52-,53?,55+/m0/s1. The van der Waals surface area contributed by atoms with E-state index in [0.29, 0.717) is 30.6 Å². The Morgan fingerprint density at radius 1 is 0.658 bits per heavy atom. The second-order valence-electron chi connectivity index (χ2n) is 22.6. The lowest BCUT2D eigenvalue weighted by Gasteiger charge is -2.38. The second kappa shape index (κ2) is 25.2. The molecule has 76 heavy (non-hydrogen) atoms. The predicted molar refractivity (Wildman–Crippen MR) is 294 cm³/mol. The van der Waals surface area contributed by atoms with Gasteiger partial charge >= 0.3 is 0 Å². The molecule has 1 heterocycles.